The van der Waals surface area contributed by atoms with Crippen LogP contribution in [0, 0.1) is 10.1 Å². The number of alkyl halides is 1. The lowest BCUT2D eigenvalue weighted by Crippen LogP contribution is -2.18. The van der Waals surface area contributed by atoms with Crippen LogP contribution in [0.3, 0.4) is 0 Å². The van der Waals surface area contributed by atoms with E-state index in [-0.39, 0.29) is 11.3 Å². The van der Waals surface area contributed by atoms with E-state index in [0.717, 1.165) is 0 Å². The number of nitro groups is 1. The Morgan fingerprint density at radius 3 is 2.74 bits per heavy atom. The van der Waals surface area contributed by atoms with Gasteiger partial charge in [0.25, 0.3) is 5.69 Å². The lowest BCUT2D eigenvalue weighted by Gasteiger charge is -2.19. The molecule has 0 N–H and O–H groups in total. The lowest BCUT2D eigenvalue weighted by molar-refractivity contribution is -0.385. The number of ether oxygens (including phenoxy) is 1. The van der Waals surface area contributed by atoms with E-state index >= 15 is 0 Å². The van der Waals surface area contributed by atoms with Crippen LogP contribution < -0.4 is 0 Å². The molecule has 3 rings (SSSR count). The van der Waals surface area contributed by atoms with Crippen molar-refractivity contribution in [2.45, 2.75) is 5.06 Å². The van der Waals surface area contributed by atoms with Crippen LogP contribution in [0.1, 0.15) is 20.8 Å². The number of benzene rings is 1. The Bertz CT molecular complexity index is 685. The summed E-state index contributed by atoms with van der Waals surface area (Å²) in [5.41, 5.74) is -0.0479. The molecule has 1 atom stereocenters. The Balaban J connectivity index is 2.27. The van der Waals surface area contributed by atoms with Crippen LogP contribution in [0.4, 0.5) is 5.69 Å². The Hall–Kier alpha value is -1.92. The number of halogens is 1. The minimum Gasteiger partial charge on any atom is -0.430 e. The van der Waals surface area contributed by atoms with Gasteiger partial charge in [-0.1, -0.05) is 29.8 Å². The van der Waals surface area contributed by atoms with Gasteiger partial charge in [-0.25, -0.2) is 4.79 Å². The van der Waals surface area contributed by atoms with Crippen LogP contribution in [-0.4, -0.2) is 10.9 Å². The average molecular weight is 296 g/mol. The number of nitrogens with zero attached hydrogens (tertiary/aromatic N) is 1. The topological polar surface area (TPSA) is 69.4 Å². The second-order valence-electron chi connectivity index (χ2n) is 3.92. The van der Waals surface area contributed by atoms with Crippen molar-refractivity contribution in [1.82, 2.24) is 0 Å². The number of carbonyl (C=O) groups excluding carboxylic acids is 1. The molecule has 0 radical (unpaired) electrons. The van der Waals surface area contributed by atoms with Crippen LogP contribution in [-0.2, 0) is 9.80 Å². The zero-order valence-corrected chi connectivity index (χ0v) is 10.9. The molecule has 1 aromatic heterocycles. The van der Waals surface area contributed by atoms with E-state index in [2.05, 4.69) is 0 Å². The maximum atomic E-state index is 11.9. The third kappa shape index (κ3) is 1.64. The summed E-state index contributed by atoms with van der Waals surface area (Å²) >= 11 is 7.70. The van der Waals surface area contributed by atoms with Crippen molar-refractivity contribution in [1.29, 1.82) is 0 Å². The first-order valence-corrected chi connectivity index (χ1v) is 6.54. The van der Waals surface area contributed by atoms with Gasteiger partial charge in [-0.05, 0) is 11.4 Å². The fourth-order valence-corrected chi connectivity index (χ4v) is 3.24. The van der Waals surface area contributed by atoms with Crippen LogP contribution >= 0.6 is 22.9 Å². The highest BCUT2D eigenvalue weighted by Crippen LogP contribution is 2.48. The highest BCUT2D eigenvalue weighted by molar-refractivity contribution is 7.10. The molecule has 0 amide bonds. The first-order valence-electron chi connectivity index (χ1n) is 5.28. The van der Waals surface area contributed by atoms with Gasteiger partial charge in [-0.3, -0.25) is 10.1 Å². The fraction of sp³-hybridized carbons (Fsp3) is 0.0833. The highest BCUT2D eigenvalue weighted by Gasteiger charge is 2.49. The zero-order valence-electron chi connectivity index (χ0n) is 9.33. The third-order valence-corrected chi connectivity index (χ3v) is 4.43. The Morgan fingerprint density at radius 2 is 2.11 bits per heavy atom. The summed E-state index contributed by atoms with van der Waals surface area (Å²) in [6.07, 6.45) is 0. The Kier molecular flexibility index (Phi) is 2.58. The molecule has 0 saturated carbocycles. The number of carbonyl (C=O) groups is 1. The number of esters is 1. The smallest absolute Gasteiger partial charge is 0.347 e. The summed E-state index contributed by atoms with van der Waals surface area (Å²) in [6.45, 7) is 0. The van der Waals surface area contributed by atoms with Crippen LogP contribution in [0.2, 0.25) is 0 Å². The predicted molar refractivity (Wildman–Crippen MR) is 69.5 cm³/mol. The maximum Gasteiger partial charge on any atom is 0.347 e. The van der Waals surface area contributed by atoms with E-state index in [1.54, 1.807) is 23.6 Å². The van der Waals surface area contributed by atoms with Gasteiger partial charge in [0, 0.05) is 11.6 Å². The van der Waals surface area contributed by atoms with E-state index in [1.807, 2.05) is 0 Å². The van der Waals surface area contributed by atoms with Gasteiger partial charge >= 0.3 is 5.97 Å². The van der Waals surface area contributed by atoms with Crippen molar-refractivity contribution in [3.05, 3.63) is 61.8 Å². The quantitative estimate of drug-likeness (QED) is 0.369. The third-order valence-electron chi connectivity index (χ3n) is 2.86. The lowest BCUT2D eigenvalue weighted by atomic mass is 10.0. The molecule has 0 bridgehead atoms. The molecular weight excluding hydrogens is 290 g/mol. The van der Waals surface area contributed by atoms with E-state index in [0.29, 0.717) is 10.4 Å². The van der Waals surface area contributed by atoms with E-state index in [1.165, 1.54) is 23.5 Å². The monoisotopic (exact) mass is 295 g/mol. The SMILES string of the molecule is O=C1OC(Cl)(c2cccs2)c2cccc([N+](=O)[O-])c21. The van der Waals surface area contributed by atoms with Gasteiger partial charge in [0.1, 0.15) is 5.56 Å². The largest absolute Gasteiger partial charge is 0.430 e. The van der Waals surface area contributed by atoms with Crippen molar-refractivity contribution >= 4 is 34.6 Å². The van der Waals surface area contributed by atoms with Crippen molar-refractivity contribution in [2.24, 2.45) is 0 Å². The van der Waals surface area contributed by atoms with E-state index in [4.69, 9.17) is 16.3 Å². The van der Waals surface area contributed by atoms with Gasteiger partial charge in [0.05, 0.1) is 9.80 Å². The highest BCUT2D eigenvalue weighted by atomic mass is 35.5. The number of hydrogen-bond acceptors (Lipinski definition) is 5. The van der Waals surface area contributed by atoms with Crippen LogP contribution in [0.15, 0.2) is 35.7 Å². The minimum absolute atomic E-state index is 0.0732. The molecule has 0 aliphatic carbocycles. The van der Waals surface area contributed by atoms with Crippen molar-refractivity contribution in [3.8, 4) is 0 Å². The number of fused-ring (bicyclic) bond motifs is 1. The van der Waals surface area contributed by atoms with Crippen LogP contribution in [0.5, 0.6) is 0 Å². The Labute approximate surface area is 116 Å². The second-order valence-corrected chi connectivity index (χ2v) is 5.40. The van der Waals surface area contributed by atoms with E-state index < -0.39 is 16.0 Å². The normalized spacial score (nSPS) is 21.0. The van der Waals surface area contributed by atoms with E-state index in [9.17, 15) is 14.9 Å². The number of cyclic esters (lactones) is 1. The van der Waals surface area contributed by atoms with Gasteiger partial charge in [0.2, 0.25) is 5.06 Å². The van der Waals surface area contributed by atoms with Gasteiger partial charge in [-0.2, -0.15) is 0 Å². The number of rotatable bonds is 2. The van der Waals surface area contributed by atoms with Gasteiger partial charge < -0.3 is 4.74 Å². The second kappa shape index (κ2) is 4.04. The molecule has 5 nitrogen and oxygen atoms in total. The molecule has 96 valence electrons. The van der Waals surface area contributed by atoms with Gasteiger partial charge in [0.15, 0.2) is 0 Å². The first-order chi connectivity index (χ1) is 9.04. The number of thiophene rings is 1. The van der Waals surface area contributed by atoms with Crippen LogP contribution in [0.25, 0.3) is 0 Å². The Morgan fingerprint density at radius 1 is 1.32 bits per heavy atom. The predicted octanol–water partition coefficient (Wildman–Crippen LogP) is 3.27. The summed E-state index contributed by atoms with van der Waals surface area (Å²) in [5, 5.41) is 11.3. The molecule has 1 aliphatic rings. The average Bonchev–Trinajstić information content (AvgIpc) is 2.98. The summed E-state index contributed by atoms with van der Waals surface area (Å²) < 4.78 is 5.19. The molecule has 2 aromatic rings. The molecule has 0 spiro atoms. The molecular formula is C12H6ClNO4S. The first kappa shape index (κ1) is 12.1. The summed E-state index contributed by atoms with van der Waals surface area (Å²) in [7, 11) is 0. The molecule has 2 heterocycles. The molecule has 19 heavy (non-hydrogen) atoms. The zero-order chi connectivity index (χ0) is 13.6. The molecule has 0 fully saturated rings. The number of nitro benzene ring substituents is 1. The molecule has 0 saturated heterocycles. The summed E-state index contributed by atoms with van der Waals surface area (Å²) in [5.74, 6) is -0.772. The van der Waals surface area contributed by atoms with Crippen molar-refractivity contribution in [3.63, 3.8) is 0 Å². The molecule has 7 heteroatoms. The minimum atomic E-state index is -1.47. The maximum absolute atomic E-state index is 11.9. The molecule has 1 unspecified atom stereocenters. The standard InChI is InChI=1S/C12H6ClNO4S/c13-12(9-5-2-6-19-9)7-3-1-4-8(14(16)17)10(7)11(15)18-12/h1-6H. The summed E-state index contributed by atoms with van der Waals surface area (Å²) in [4.78, 5) is 22.9. The fourth-order valence-electron chi connectivity index (χ4n) is 2.05. The molecule has 1 aliphatic heterocycles. The number of hydrogen-bond donors (Lipinski definition) is 0. The molecule has 1 aromatic carbocycles. The van der Waals surface area contributed by atoms with Crippen molar-refractivity contribution < 1.29 is 14.5 Å². The van der Waals surface area contributed by atoms with Crippen molar-refractivity contribution in [2.75, 3.05) is 0 Å². The summed E-state index contributed by atoms with van der Waals surface area (Å²) in [6, 6.07) is 7.81. The van der Waals surface area contributed by atoms with Gasteiger partial charge in [-0.15, -0.1) is 11.3 Å².